The summed E-state index contributed by atoms with van der Waals surface area (Å²) < 4.78 is 0.730. The van der Waals surface area contributed by atoms with E-state index in [2.05, 4.69) is 26.6 Å². The second kappa shape index (κ2) is 7.61. The Morgan fingerprint density at radius 3 is 2.89 bits per heavy atom. The van der Waals surface area contributed by atoms with Gasteiger partial charge in [-0.3, -0.25) is 0 Å². The molecule has 0 saturated heterocycles. The highest BCUT2D eigenvalue weighted by Crippen LogP contribution is 2.25. The topological polar surface area (TPSA) is 61.4 Å². The van der Waals surface area contributed by atoms with Crippen molar-refractivity contribution in [3.63, 3.8) is 0 Å². The molecule has 0 radical (unpaired) electrons. The number of carbonyl (C=O) groups excluding carboxylic acids is 1. The fourth-order valence-corrected chi connectivity index (χ4v) is 2.13. The highest BCUT2D eigenvalue weighted by Gasteiger charge is 2.07. The zero-order valence-electron chi connectivity index (χ0n) is 10.0. The summed E-state index contributed by atoms with van der Waals surface area (Å²) in [5, 5.41) is 14.8. The molecular weight excluding hydrogens is 320 g/mol. The molecular formula is C12H16BrClN2O2. The van der Waals surface area contributed by atoms with Gasteiger partial charge in [0.1, 0.15) is 0 Å². The van der Waals surface area contributed by atoms with E-state index >= 15 is 0 Å². The van der Waals surface area contributed by atoms with Gasteiger partial charge in [-0.15, -0.1) is 0 Å². The van der Waals surface area contributed by atoms with Crippen LogP contribution in [0.4, 0.5) is 10.5 Å². The van der Waals surface area contributed by atoms with Crippen LogP contribution < -0.4 is 10.6 Å². The summed E-state index contributed by atoms with van der Waals surface area (Å²) in [5.74, 6) is 0.245. The van der Waals surface area contributed by atoms with Crippen LogP contribution in [0.2, 0.25) is 5.02 Å². The lowest BCUT2D eigenvalue weighted by Gasteiger charge is -2.12. The van der Waals surface area contributed by atoms with Gasteiger partial charge in [0.25, 0.3) is 0 Å². The fourth-order valence-electron chi connectivity index (χ4n) is 1.35. The molecule has 0 aliphatic heterocycles. The van der Waals surface area contributed by atoms with Crippen molar-refractivity contribution in [1.82, 2.24) is 5.32 Å². The molecule has 0 fully saturated rings. The van der Waals surface area contributed by atoms with E-state index in [9.17, 15) is 4.79 Å². The smallest absolute Gasteiger partial charge is 0.319 e. The molecule has 0 spiro atoms. The maximum atomic E-state index is 11.6. The van der Waals surface area contributed by atoms with Gasteiger partial charge in [0.15, 0.2) is 0 Å². The monoisotopic (exact) mass is 334 g/mol. The first-order valence-electron chi connectivity index (χ1n) is 5.63. The number of benzene rings is 1. The molecule has 2 amide bonds. The van der Waals surface area contributed by atoms with E-state index in [1.807, 2.05) is 6.92 Å². The van der Waals surface area contributed by atoms with Crippen LogP contribution in [0.5, 0.6) is 0 Å². The lowest BCUT2D eigenvalue weighted by atomic mass is 10.1. The average Bonchev–Trinajstić information content (AvgIpc) is 2.31. The van der Waals surface area contributed by atoms with E-state index in [1.165, 1.54) is 0 Å². The summed E-state index contributed by atoms with van der Waals surface area (Å²) >= 11 is 9.13. The van der Waals surface area contributed by atoms with E-state index in [0.717, 1.165) is 4.47 Å². The molecule has 1 aromatic carbocycles. The molecule has 4 nitrogen and oxygen atoms in total. The predicted molar refractivity (Wildman–Crippen MR) is 77.0 cm³/mol. The van der Waals surface area contributed by atoms with Crippen LogP contribution in [0.3, 0.4) is 0 Å². The van der Waals surface area contributed by atoms with Gasteiger partial charge in [-0.1, -0.05) is 18.5 Å². The van der Waals surface area contributed by atoms with Crippen molar-refractivity contribution >= 4 is 39.2 Å². The number of halogens is 2. The Labute approximate surface area is 120 Å². The van der Waals surface area contributed by atoms with Gasteiger partial charge in [-0.25, -0.2) is 4.79 Å². The molecule has 3 N–H and O–H groups in total. The van der Waals surface area contributed by atoms with Crippen molar-refractivity contribution in [3.8, 4) is 0 Å². The molecule has 0 bridgehead atoms. The van der Waals surface area contributed by atoms with Gasteiger partial charge < -0.3 is 15.7 Å². The molecule has 1 atom stereocenters. The average molecular weight is 336 g/mol. The molecule has 1 rings (SSSR count). The first-order chi connectivity index (χ1) is 8.52. The Bertz CT molecular complexity index is 415. The molecule has 0 aromatic heterocycles. The van der Waals surface area contributed by atoms with Crippen LogP contribution in [0.25, 0.3) is 0 Å². The van der Waals surface area contributed by atoms with Crippen LogP contribution in [-0.4, -0.2) is 24.3 Å². The Morgan fingerprint density at radius 1 is 1.56 bits per heavy atom. The molecule has 0 aliphatic rings. The van der Waals surface area contributed by atoms with Crippen LogP contribution in [-0.2, 0) is 0 Å². The highest BCUT2D eigenvalue weighted by molar-refractivity contribution is 9.10. The third kappa shape index (κ3) is 5.25. The van der Waals surface area contributed by atoms with Crippen LogP contribution in [0.15, 0.2) is 22.7 Å². The molecule has 0 aliphatic carbocycles. The minimum absolute atomic E-state index is 0.132. The van der Waals surface area contributed by atoms with Gasteiger partial charge in [0.2, 0.25) is 0 Å². The molecule has 0 heterocycles. The summed E-state index contributed by atoms with van der Waals surface area (Å²) in [4.78, 5) is 11.6. The van der Waals surface area contributed by atoms with Crippen molar-refractivity contribution in [1.29, 1.82) is 0 Å². The third-order valence-corrected chi connectivity index (χ3v) is 3.30. The summed E-state index contributed by atoms with van der Waals surface area (Å²) in [5.41, 5.74) is 0.659. The quantitative estimate of drug-likeness (QED) is 0.773. The lowest BCUT2D eigenvalue weighted by Crippen LogP contribution is -2.32. The number of carbonyl (C=O) groups is 1. The van der Waals surface area contributed by atoms with Gasteiger partial charge in [0, 0.05) is 22.6 Å². The zero-order valence-corrected chi connectivity index (χ0v) is 12.4. The summed E-state index contributed by atoms with van der Waals surface area (Å²) in [6.07, 6.45) is 0.672. The number of hydrogen-bond acceptors (Lipinski definition) is 2. The molecule has 100 valence electrons. The van der Waals surface area contributed by atoms with Crippen molar-refractivity contribution in [2.45, 2.75) is 13.3 Å². The van der Waals surface area contributed by atoms with Crippen LogP contribution >= 0.6 is 27.5 Å². The lowest BCUT2D eigenvalue weighted by molar-refractivity contribution is 0.243. The maximum Gasteiger partial charge on any atom is 0.319 e. The van der Waals surface area contributed by atoms with Crippen LogP contribution in [0, 0.1) is 5.92 Å². The Balaban J connectivity index is 2.44. The number of aliphatic hydroxyl groups excluding tert-OH is 1. The third-order valence-electron chi connectivity index (χ3n) is 2.41. The summed E-state index contributed by atoms with van der Waals surface area (Å²) in [6, 6.07) is 4.87. The van der Waals surface area contributed by atoms with Crippen LogP contribution in [0.1, 0.15) is 13.3 Å². The molecule has 18 heavy (non-hydrogen) atoms. The summed E-state index contributed by atoms with van der Waals surface area (Å²) in [7, 11) is 0. The van der Waals surface area contributed by atoms with E-state index < -0.39 is 0 Å². The zero-order chi connectivity index (χ0) is 13.5. The van der Waals surface area contributed by atoms with Crippen molar-refractivity contribution in [3.05, 3.63) is 27.7 Å². The van der Waals surface area contributed by atoms with Crippen molar-refractivity contribution in [2.75, 3.05) is 18.5 Å². The number of rotatable bonds is 5. The highest BCUT2D eigenvalue weighted by atomic mass is 79.9. The molecule has 0 saturated carbocycles. The largest absolute Gasteiger partial charge is 0.396 e. The second-order valence-corrected chi connectivity index (χ2v) is 5.37. The number of urea groups is 1. The summed E-state index contributed by atoms with van der Waals surface area (Å²) in [6.45, 7) is 2.62. The number of nitrogens with one attached hydrogen (secondary N) is 2. The van der Waals surface area contributed by atoms with Gasteiger partial charge in [-0.05, 0) is 46.5 Å². The second-order valence-electron chi connectivity index (χ2n) is 4.08. The Kier molecular flexibility index (Phi) is 6.46. The van der Waals surface area contributed by atoms with Crippen molar-refractivity contribution < 1.29 is 9.90 Å². The Hall–Kier alpha value is -0.780. The number of anilines is 1. The fraction of sp³-hybridized carbons (Fsp3) is 0.417. The maximum absolute atomic E-state index is 11.6. The first kappa shape index (κ1) is 15.3. The van der Waals surface area contributed by atoms with E-state index in [0.29, 0.717) is 23.7 Å². The Morgan fingerprint density at radius 2 is 2.28 bits per heavy atom. The van der Waals surface area contributed by atoms with Gasteiger partial charge in [-0.2, -0.15) is 0 Å². The van der Waals surface area contributed by atoms with E-state index in [4.69, 9.17) is 16.7 Å². The minimum atomic E-state index is -0.275. The number of hydrogen-bond donors (Lipinski definition) is 3. The minimum Gasteiger partial charge on any atom is -0.396 e. The van der Waals surface area contributed by atoms with Crippen molar-refractivity contribution in [2.24, 2.45) is 5.92 Å². The first-order valence-corrected chi connectivity index (χ1v) is 6.80. The SMILES string of the molecule is CC(CCO)CNC(=O)Nc1ccc(Cl)cc1Br. The number of aliphatic hydroxyl groups is 1. The molecule has 6 heteroatoms. The standard InChI is InChI=1S/C12H16BrClN2O2/c1-8(4-5-17)7-15-12(18)16-11-3-2-9(14)6-10(11)13/h2-3,6,8,17H,4-5,7H2,1H3,(H2,15,16,18). The predicted octanol–water partition coefficient (Wildman–Crippen LogP) is 3.24. The van der Waals surface area contributed by atoms with E-state index in [-0.39, 0.29) is 18.6 Å². The van der Waals surface area contributed by atoms with Gasteiger partial charge >= 0.3 is 6.03 Å². The molecule has 1 unspecified atom stereocenters. The van der Waals surface area contributed by atoms with Gasteiger partial charge in [0.05, 0.1) is 5.69 Å². The normalized spacial score (nSPS) is 12.0. The number of amides is 2. The molecule has 1 aromatic rings. The van der Waals surface area contributed by atoms with E-state index in [1.54, 1.807) is 18.2 Å².